The number of aromatic nitrogens is 3. The third-order valence-electron chi connectivity index (χ3n) is 2.24. The van der Waals surface area contributed by atoms with Crippen LogP contribution in [0.25, 0.3) is 17.6 Å². The zero-order valence-corrected chi connectivity index (χ0v) is 10.3. The number of hydrogen-bond donors (Lipinski definition) is 0. The molecule has 6 heteroatoms. The van der Waals surface area contributed by atoms with Crippen LogP contribution in [-0.2, 0) is 9.53 Å². The summed E-state index contributed by atoms with van der Waals surface area (Å²) in [5, 5.41) is 4.10. The fourth-order valence-electron chi connectivity index (χ4n) is 1.43. The molecule has 1 aromatic heterocycles. The van der Waals surface area contributed by atoms with Crippen LogP contribution < -0.4 is 0 Å². The molecular formula is C13H12FN3O2. The zero-order valence-electron chi connectivity index (χ0n) is 10.3. The molecular weight excluding hydrogens is 249 g/mol. The summed E-state index contributed by atoms with van der Waals surface area (Å²) in [6, 6.07) is 5.98. The molecule has 0 unspecified atom stereocenters. The Morgan fingerprint density at radius 3 is 3.11 bits per heavy atom. The molecule has 0 aliphatic carbocycles. The third-order valence-corrected chi connectivity index (χ3v) is 2.24. The smallest absolute Gasteiger partial charge is 0.332 e. The van der Waals surface area contributed by atoms with E-state index in [1.807, 2.05) is 0 Å². The van der Waals surface area contributed by atoms with Gasteiger partial charge in [-0.15, -0.1) is 5.10 Å². The maximum Gasteiger partial charge on any atom is 0.332 e. The predicted octanol–water partition coefficient (Wildman–Crippen LogP) is 2.12. The van der Waals surface area contributed by atoms with Gasteiger partial charge >= 0.3 is 5.97 Å². The molecule has 0 fully saturated rings. The lowest BCUT2D eigenvalue weighted by Crippen LogP contribution is -2.00. The van der Waals surface area contributed by atoms with Crippen molar-refractivity contribution in [1.82, 2.24) is 14.8 Å². The second kappa shape index (κ2) is 5.90. The topological polar surface area (TPSA) is 57.0 Å². The molecule has 98 valence electrons. The second-order valence-electron chi connectivity index (χ2n) is 3.63. The minimum absolute atomic E-state index is 0.315. The fraction of sp³-hybridized carbons (Fsp3) is 0.154. The molecule has 2 rings (SSSR count). The van der Waals surface area contributed by atoms with E-state index in [1.165, 1.54) is 35.4 Å². The number of halogens is 1. The van der Waals surface area contributed by atoms with Crippen LogP contribution in [0.4, 0.5) is 4.39 Å². The second-order valence-corrected chi connectivity index (χ2v) is 3.63. The van der Waals surface area contributed by atoms with E-state index in [4.69, 9.17) is 4.74 Å². The van der Waals surface area contributed by atoms with E-state index in [2.05, 4.69) is 10.1 Å². The summed E-state index contributed by atoms with van der Waals surface area (Å²) in [5.41, 5.74) is 0.572. The SMILES string of the molecule is CCOC(=O)C=Cn1cnc(-c2cccc(F)c2)n1. The van der Waals surface area contributed by atoms with Crippen LogP contribution in [0.15, 0.2) is 36.7 Å². The van der Waals surface area contributed by atoms with Crippen LogP contribution in [-0.4, -0.2) is 27.3 Å². The first-order chi connectivity index (χ1) is 9.19. The standard InChI is InChI=1S/C13H12FN3O2/c1-2-19-12(18)6-7-17-9-15-13(16-17)10-4-3-5-11(14)8-10/h3-9H,2H2,1H3. The van der Waals surface area contributed by atoms with Gasteiger partial charge in [0.25, 0.3) is 0 Å². The van der Waals surface area contributed by atoms with Crippen molar-refractivity contribution in [1.29, 1.82) is 0 Å². The highest BCUT2D eigenvalue weighted by molar-refractivity contribution is 5.84. The molecule has 0 saturated heterocycles. The number of hydrogen-bond acceptors (Lipinski definition) is 4. The monoisotopic (exact) mass is 261 g/mol. The Morgan fingerprint density at radius 2 is 2.37 bits per heavy atom. The van der Waals surface area contributed by atoms with Crippen LogP contribution in [0.3, 0.4) is 0 Å². The zero-order chi connectivity index (χ0) is 13.7. The van der Waals surface area contributed by atoms with Crippen LogP contribution in [0, 0.1) is 5.82 Å². The molecule has 19 heavy (non-hydrogen) atoms. The van der Waals surface area contributed by atoms with Gasteiger partial charge < -0.3 is 4.74 Å². The molecule has 0 aliphatic heterocycles. The molecule has 0 bridgehead atoms. The normalized spacial score (nSPS) is 10.8. The van der Waals surface area contributed by atoms with Gasteiger partial charge in [-0.05, 0) is 19.1 Å². The van der Waals surface area contributed by atoms with Crippen LogP contribution in [0.5, 0.6) is 0 Å². The Balaban J connectivity index is 2.13. The highest BCUT2D eigenvalue weighted by atomic mass is 19.1. The molecule has 0 aliphatic rings. The quantitative estimate of drug-likeness (QED) is 0.625. The predicted molar refractivity (Wildman–Crippen MR) is 67.4 cm³/mol. The van der Waals surface area contributed by atoms with Crippen molar-refractivity contribution in [2.24, 2.45) is 0 Å². The molecule has 0 amide bonds. The van der Waals surface area contributed by atoms with Crippen molar-refractivity contribution >= 4 is 12.2 Å². The van der Waals surface area contributed by atoms with Crippen LogP contribution >= 0.6 is 0 Å². The van der Waals surface area contributed by atoms with Gasteiger partial charge in [0.1, 0.15) is 12.1 Å². The number of carbonyl (C=O) groups excluding carboxylic acids is 1. The lowest BCUT2D eigenvalue weighted by atomic mass is 10.2. The summed E-state index contributed by atoms with van der Waals surface area (Å²) in [6.45, 7) is 2.04. The number of carbonyl (C=O) groups is 1. The molecule has 0 atom stereocenters. The summed E-state index contributed by atoms with van der Waals surface area (Å²) in [4.78, 5) is 15.2. The van der Waals surface area contributed by atoms with E-state index in [1.54, 1.807) is 19.1 Å². The molecule has 0 N–H and O–H groups in total. The third kappa shape index (κ3) is 3.48. The van der Waals surface area contributed by atoms with Crippen molar-refractivity contribution in [2.75, 3.05) is 6.61 Å². The molecule has 1 aromatic carbocycles. The number of ether oxygens (including phenoxy) is 1. The first-order valence-corrected chi connectivity index (χ1v) is 5.71. The lowest BCUT2D eigenvalue weighted by molar-refractivity contribution is -0.137. The maximum atomic E-state index is 13.1. The molecule has 5 nitrogen and oxygen atoms in total. The van der Waals surface area contributed by atoms with Crippen molar-refractivity contribution in [3.05, 3.63) is 42.5 Å². The van der Waals surface area contributed by atoms with E-state index >= 15 is 0 Å². The Kier molecular flexibility index (Phi) is 4.02. The van der Waals surface area contributed by atoms with Crippen molar-refractivity contribution in [2.45, 2.75) is 6.92 Å². The van der Waals surface area contributed by atoms with E-state index < -0.39 is 5.97 Å². The van der Waals surface area contributed by atoms with Gasteiger partial charge in [-0.1, -0.05) is 12.1 Å². The molecule has 0 saturated carbocycles. The van der Waals surface area contributed by atoms with Crippen molar-refractivity contribution in [3.63, 3.8) is 0 Å². The largest absolute Gasteiger partial charge is 0.463 e. The van der Waals surface area contributed by atoms with Crippen molar-refractivity contribution in [3.8, 4) is 11.4 Å². The maximum absolute atomic E-state index is 13.1. The number of benzene rings is 1. The van der Waals surface area contributed by atoms with Gasteiger partial charge in [-0.2, -0.15) is 0 Å². The van der Waals surface area contributed by atoms with Crippen LogP contribution in [0.2, 0.25) is 0 Å². The van der Waals surface area contributed by atoms with Gasteiger partial charge in [0.05, 0.1) is 6.61 Å². The number of nitrogens with zero attached hydrogens (tertiary/aromatic N) is 3. The summed E-state index contributed by atoms with van der Waals surface area (Å²) < 4.78 is 19.2. The molecule has 2 aromatic rings. The Bertz CT molecular complexity index is 607. The Morgan fingerprint density at radius 1 is 1.53 bits per heavy atom. The summed E-state index contributed by atoms with van der Waals surface area (Å²) in [6.07, 6.45) is 4.09. The highest BCUT2D eigenvalue weighted by Crippen LogP contribution is 2.15. The average molecular weight is 261 g/mol. The van der Waals surface area contributed by atoms with Crippen molar-refractivity contribution < 1.29 is 13.9 Å². The average Bonchev–Trinajstić information content (AvgIpc) is 2.85. The van der Waals surface area contributed by atoms with E-state index in [0.29, 0.717) is 18.0 Å². The minimum Gasteiger partial charge on any atom is -0.463 e. The highest BCUT2D eigenvalue weighted by Gasteiger charge is 2.04. The van der Waals surface area contributed by atoms with Gasteiger partial charge in [-0.3, -0.25) is 0 Å². The summed E-state index contributed by atoms with van der Waals surface area (Å²) >= 11 is 0. The molecule has 0 spiro atoms. The minimum atomic E-state index is -0.453. The fourth-order valence-corrected chi connectivity index (χ4v) is 1.43. The Labute approximate surface area is 109 Å². The molecule has 0 radical (unpaired) electrons. The van der Waals surface area contributed by atoms with E-state index in [9.17, 15) is 9.18 Å². The van der Waals surface area contributed by atoms with Crippen LogP contribution in [0.1, 0.15) is 6.92 Å². The lowest BCUT2D eigenvalue weighted by Gasteiger charge is -1.95. The van der Waals surface area contributed by atoms with Gasteiger partial charge in [0, 0.05) is 17.8 Å². The summed E-state index contributed by atoms with van der Waals surface area (Å²) in [7, 11) is 0. The molecule has 1 heterocycles. The first-order valence-electron chi connectivity index (χ1n) is 5.71. The van der Waals surface area contributed by atoms with E-state index in [-0.39, 0.29) is 5.82 Å². The first kappa shape index (κ1) is 12.9. The van der Waals surface area contributed by atoms with Gasteiger partial charge in [0.15, 0.2) is 5.82 Å². The Hall–Kier alpha value is -2.50. The van der Waals surface area contributed by atoms with Gasteiger partial charge in [-0.25, -0.2) is 18.9 Å². The number of rotatable bonds is 4. The number of esters is 1. The summed E-state index contributed by atoms with van der Waals surface area (Å²) in [5.74, 6) is -0.422. The van der Waals surface area contributed by atoms with E-state index in [0.717, 1.165) is 0 Å². The van der Waals surface area contributed by atoms with Gasteiger partial charge in [0.2, 0.25) is 0 Å².